The molecule has 1 aromatic heterocycles. The van der Waals surface area contributed by atoms with Gasteiger partial charge in [-0.2, -0.15) is 4.98 Å². The van der Waals surface area contributed by atoms with E-state index in [0.29, 0.717) is 50.3 Å². The van der Waals surface area contributed by atoms with E-state index in [1.807, 2.05) is 29.7 Å². The lowest BCUT2D eigenvalue weighted by atomic mass is 10.1. The maximum Gasteiger partial charge on any atom is 0.273 e. The average Bonchev–Trinajstić information content (AvgIpc) is 3.59. The first-order valence-electron chi connectivity index (χ1n) is 12.4. The first kappa shape index (κ1) is 22.6. The highest BCUT2D eigenvalue weighted by atomic mass is 16.2. The second kappa shape index (κ2) is 9.24. The molecule has 1 aromatic carbocycles. The van der Waals surface area contributed by atoms with E-state index in [9.17, 15) is 9.59 Å². The summed E-state index contributed by atoms with van der Waals surface area (Å²) in [6.07, 6.45) is 2.49. The molecule has 8 nitrogen and oxygen atoms in total. The fraction of sp³-hybridized carbons (Fsp3) is 0.538. The Bertz CT molecular complexity index is 1060. The van der Waals surface area contributed by atoms with Crippen molar-refractivity contribution in [3.8, 4) is 0 Å². The van der Waals surface area contributed by atoms with Gasteiger partial charge in [-0.3, -0.25) is 9.59 Å². The zero-order valence-electron chi connectivity index (χ0n) is 20.4. The number of carbonyl (C=O) groups is 2. The van der Waals surface area contributed by atoms with Crippen molar-refractivity contribution in [3.63, 3.8) is 0 Å². The molecule has 180 valence electrons. The minimum atomic E-state index is -0.0108. The number of carbonyl (C=O) groups excluding carboxylic acids is 2. The number of piperazine rings is 1. The van der Waals surface area contributed by atoms with Gasteiger partial charge in [0.25, 0.3) is 5.91 Å². The van der Waals surface area contributed by atoms with Crippen LogP contribution in [0.5, 0.6) is 0 Å². The molecule has 2 fully saturated rings. The van der Waals surface area contributed by atoms with Crippen molar-refractivity contribution in [2.75, 3.05) is 42.5 Å². The Labute approximate surface area is 201 Å². The number of anilines is 2. The van der Waals surface area contributed by atoms with Gasteiger partial charge in [-0.05, 0) is 38.2 Å². The molecule has 1 aliphatic carbocycles. The summed E-state index contributed by atoms with van der Waals surface area (Å²) in [7, 11) is 0. The molecule has 0 N–H and O–H groups in total. The Hall–Kier alpha value is -3.16. The summed E-state index contributed by atoms with van der Waals surface area (Å²) in [5.41, 5.74) is 2.72. The van der Waals surface area contributed by atoms with Crippen molar-refractivity contribution in [3.05, 3.63) is 47.2 Å². The van der Waals surface area contributed by atoms with Gasteiger partial charge in [0.15, 0.2) is 0 Å². The molecule has 0 atom stereocenters. The number of hydrogen-bond acceptors (Lipinski definition) is 6. The van der Waals surface area contributed by atoms with Crippen LogP contribution in [0.3, 0.4) is 0 Å². The molecule has 0 radical (unpaired) electrons. The van der Waals surface area contributed by atoms with Crippen LogP contribution in [-0.2, 0) is 17.9 Å². The smallest absolute Gasteiger partial charge is 0.273 e. The van der Waals surface area contributed by atoms with Gasteiger partial charge in [0.2, 0.25) is 11.9 Å². The first-order valence-corrected chi connectivity index (χ1v) is 12.4. The first-order chi connectivity index (χ1) is 16.4. The molecule has 2 aromatic rings. The number of benzene rings is 1. The lowest BCUT2D eigenvalue weighted by Crippen LogP contribution is -2.48. The molecule has 0 bridgehead atoms. The highest BCUT2D eigenvalue weighted by Gasteiger charge is 2.37. The van der Waals surface area contributed by atoms with E-state index in [-0.39, 0.29) is 17.9 Å². The Balaban J connectivity index is 1.52. The minimum absolute atomic E-state index is 0.0108. The monoisotopic (exact) mass is 462 g/mol. The molecule has 1 saturated heterocycles. The quantitative estimate of drug-likeness (QED) is 0.630. The van der Waals surface area contributed by atoms with Crippen molar-refractivity contribution >= 4 is 23.6 Å². The summed E-state index contributed by atoms with van der Waals surface area (Å²) >= 11 is 0. The maximum atomic E-state index is 13.3. The summed E-state index contributed by atoms with van der Waals surface area (Å²) in [4.78, 5) is 43.2. The van der Waals surface area contributed by atoms with Crippen molar-refractivity contribution in [1.29, 1.82) is 0 Å². The zero-order chi connectivity index (χ0) is 23.8. The zero-order valence-corrected chi connectivity index (χ0v) is 20.4. The third kappa shape index (κ3) is 4.58. The topological polar surface area (TPSA) is 72.9 Å². The lowest BCUT2D eigenvalue weighted by Gasteiger charge is -2.35. The van der Waals surface area contributed by atoms with Crippen LogP contribution in [0.15, 0.2) is 30.3 Å². The normalized spacial score (nSPS) is 18.0. The lowest BCUT2D eigenvalue weighted by molar-refractivity contribution is -0.129. The second-order valence-electron chi connectivity index (χ2n) is 10.0. The van der Waals surface area contributed by atoms with Crippen LogP contribution in [0.2, 0.25) is 0 Å². The largest absolute Gasteiger partial charge is 0.352 e. The van der Waals surface area contributed by atoms with Crippen LogP contribution in [0.4, 0.5) is 11.8 Å². The number of aromatic nitrogens is 2. The summed E-state index contributed by atoms with van der Waals surface area (Å²) in [5, 5.41) is 0. The fourth-order valence-electron chi connectivity index (χ4n) is 4.84. The number of fused-ring (bicyclic) bond motifs is 1. The molecular formula is C26H34N6O2. The van der Waals surface area contributed by atoms with Crippen LogP contribution >= 0.6 is 0 Å². The molecule has 8 heteroatoms. The van der Waals surface area contributed by atoms with Gasteiger partial charge in [0, 0.05) is 57.8 Å². The van der Waals surface area contributed by atoms with Crippen molar-refractivity contribution in [1.82, 2.24) is 19.8 Å². The summed E-state index contributed by atoms with van der Waals surface area (Å²) in [6.45, 7) is 10.6. The van der Waals surface area contributed by atoms with E-state index in [0.717, 1.165) is 24.5 Å². The molecular weight excluding hydrogens is 428 g/mol. The van der Waals surface area contributed by atoms with Gasteiger partial charge in [0.1, 0.15) is 11.5 Å². The van der Waals surface area contributed by atoms with Gasteiger partial charge in [-0.1, -0.05) is 30.3 Å². The van der Waals surface area contributed by atoms with E-state index in [1.54, 1.807) is 6.92 Å². The predicted molar refractivity (Wildman–Crippen MR) is 132 cm³/mol. The van der Waals surface area contributed by atoms with E-state index in [1.165, 1.54) is 18.4 Å². The molecule has 3 heterocycles. The van der Waals surface area contributed by atoms with Gasteiger partial charge in [-0.15, -0.1) is 0 Å². The van der Waals surface area contributed by atoms with Crippen LogP contribution in [0.1, 0.15) is 55.2 Å². The molecule has 5 rings (SSSR count). The Morgan fingerprint density at radius 1 is 1.09 bits per heavy atom. The molecule has 2 aliphatic heterocycles. The van der Waals surface area contributed by atoms with E-state index in [4.69, 9.17) is 9.97 Å². The van der Waals surface area contributed by atoms with Gasteiger partial charge < -0.3 is 19.6 Å². The Morgan fingerprint density at radius 3 is 2.41 bits per heavy atom. The van der Waals surface area contributed by atoms with Gasteiger partial charge >= 0.3 is 0 Å². The summed E-state index contributed by atoms with van der Waals surface area (Å²) in [6, 6.07) is 10.6. The summed E-state index contributed by atoms with van der Waals surface area (Å²) in [5.74, 6) is 2.25. The SMILES string of the molecule is CC(=O)N1CCN(c2nc3c(c(N(Cc4ccccc4)CC4CC4)n2)CN(C(C)C)C3=O)CC1. The standard InChI is InChI=1S/C26H34N6O2/c1-18(2)32-17-22-23(25(32)34)27-26(30-13-11-29(12-14-30)19(3)33)28-24(22)31(16-21-9-10-21)15-20-7-5-4-6-8-20/h4-8,18,21H,9-17H2,1-3H3. The van der Waals surface area contributed by atoms with Crippen LogP contribution in [0, 0.1) is 5.92 Å². The fourth-order valence-corrected chi connectivity index (χ4v) is 4.84. The van der Waals surface area contributed by atoms with Crippen molar-refractivity contribution in [2.45, 2.75) is 52.7 Å². The van der Waals surface area contributed by atoms with Gasteiger partial charge in [0.05, 0.1) is 6.54 Å². The molecule has 34 heavy (non-hydrogen) atoms. The van der Waals surface area contributed by atoms with Gasteiger partial charge in [-0.25, -0.2) is 4.98 Å². The molecule has 0 unspecified atom stereocenters. The van der Waals surface area contributed by atoms with Crippen molar-refractivity contribution < 1.29 is 9.59 Å². The molecule has 1 saturated carbocycles. The van der Waals surface area contributed by atoms with E-state index in [2.05, 4.69) is 34.1 Å². The summed E-state index contributed by atoms with van der Waals surface area (Å²) < 4.78 is 0. The molecule has 3 aliphatic rings. The number of rotatable bonds is 7. The molecule has 0 spiro atoms. The number of amides is 2. The van der Waals surface area contributed by atoms with Crippen molar-refractivity contribution in [2.24, 2.45) is 5.92 Å². The van der Waals surface area contributed by atoms with Crippen LogP contribution < -0.4 is 9.80 Å². The predicted octanol–water partition coefficient (Wildman–Crippen LogP) is 2.93. The third-order valence-corrected chi connectivity index (χ3v) is 7.09. The molecule has 2 amide bonds. The minimum Gasteiger partial charge on any atom is -0.352 e. The third-order valence-electron chi connectivity index (χ3n) is 7.09. The highest BCUT2D eigenvalue weighted by molar-refractivity contribution is 5.98. The van der Waals surface area contributed by atoms with Crippen LogP contribution in [-0.4, -0.2) is 70.3 Å². The maximum absolute atomic E-state index is 13.3. The Morgan fingerprint density at radius 2 is 1.79 bits per heavy atom. The highest BCUT2D eigenvalue weighted by Crippen LogP contribution is 2.37. The second-order valence-corrected chi connectivity index (χ2v) is 10.0. The average molecular weight is 463 g/mol. The number of hydrogen-bond donors (Lipinski definition) is 0. The number of nitrogens with zero attached hydrogens (tertiary/aromatic N) is 6. The Kier molecular flexibility index (Phi) is 6.15. The van der Waals surface area contributed by atoms with E-state index >= 15 is 0 Å². The van der Waals surface area contributed by atoms with Crippen LogP contribution in [0.25, 0.3) is 0 Å². The van der Waals surface area contributed by atoms with E-state index < -0.39 is 0 Å².